The standard InChI is InChI=1S/C11H14ClNO4/c12-9-8(1-4-17-9)10(14)13-7-11(15)2-5-16-6-3-11/h1,4,15H,2-3,5-7H2,(H,13,14). The summed E-state index contributed by atoms with van der Waals surface area (Å²) in [6.07, 6.45) is 2.39. The number of hydrogen-bond donors (Lipinski definition) is 2. The molecule has 5 nitrogen and oxygen atoms in total. The Bertz CT molecular complexity index is 398. The fourth-order valence-corrected chi connectivity index (χ4v) is 1.92. The predicted molar refractivity (Wildman–Crippen MR) is 61.1 cm³/mol. The molecular formula is C11H14ClNO4. The van der Waals surface area contributed by atoms with Crippen molar-refractivity contribution >= 4 is 17.5 Å². The maximum absolute atomic E-state index is 11.7. The van der Waals surface area contributed by atoms with E-state index in [2.05, 4.69) is 5.32 Å². The molecule has 0 spiro atoms. The molecule has 94 valence electrons. The highest BCUT2D eigenvalue weighted by Gasteiger charge is 2.30. The number of carbonyl (C=O) groups is 1. The van der Waals surface area contributed by atoms with Crippen molar-refractivity contribution in [1.29, 1.82) is 0 Å². The van der Waals surface area contributed by atoms with Crippen molar-refractivity contribution in [1.82, 2.24) is 5.32 Å². The third kappa shape index (κ3) is 3.00. The summed E-state index contributed by atoms with van der Waals surface area (Å²) in [7, 11) is 0. The molecule has 0 bridgehead atoms. The van der Waals surface area contributed by atoms with Gasteiger partial charge in [0, 0.05) is 32.6 Å². The van der Waals surface area contributed by atoms with Gasteiger partial charge in [0.25, 0.3) is 5.91 Å². The molecule has 0 saturated carbocycles. The van der Waals surface area contributed by atoms with Crippen molar-refractivity contribution in [2.24, 2.45) is 0 Å². The lowest BCUT2D eigenvalue weighted by molar-refractivity contribution is -0.0605. The number of halogens is 1. The Morgan fingerprint density at radius 2 is 2.24 bits per heavy atom. The Labute approximate surface area is 104 Å². The molecule has 0 aliphatic carbocycles. The highest BCUT2D eigenvalue weighted by molar-refractivity contribution is 6.32. The first-order valence-electron chi connectivity index (χ1n) is 5.42. The second-order valence-corrected chi connectivity index (χ2v) is 4.47. The topological polar surface area (TPSA) is 71.7 Å². The third-order valence-electron chi connectivity index (χ3n) is 2.86. The Morgan fingerprint density at radius 3 is 2.82 bits per heavy atom. The fraction of sp³-hybridized carbons (Fsp3) is 0.545. The average molecular weight is 260 g/mol. The van der Waals surface area contributed by atoms with E-state index in [-0.39, 0.29) is 23.2 Å². The van der Waals surface area contributed by atoms with Crippen LogP contribution in [-0.4, -0.2) is 36.4 Å². The van der Waals surface area contributed by atoms with Crippen molar-refractivity contribution in [3.8, 4) is 0 Å². The first-order valence-corrected chi connectivity index (χ1v) is 5.80. The van der Waals surface area contributed by atoms with E-state index in [0.717, 1.165) is 0 Å². The maximum atomic E-state index is 11.7. The summed E-state index contributed by atoms with van der Waals surface area (Å²) in [6.45, 7) is 1.22. The molecule has 1 fully saturated rings. The molecule has 0 radical (unpaired) electrons. The first kappa shape index (κ1) is 12.4. The predicted octanol–water partition coefficient (Wildman–Crippen LogP) is 1.20. The maximum Gasteiger partial charge on any atom is 0.256 e. The Morgan fingerprint density at radius 1 is 1.53 bits per heavy atom. The van der Waals surface area contributed by atoms with E-state index in [4.69, 9.17) is 20.8 Å². The van der Waals surface area contributed by atoms with Gasteiger partial charge in [-0.15, -0.1) is 0 Å². The summed E-state index contributed by atoms with van der Waals surface area (Å²) < 4.78 is 9.98. The summed E-state index contributed by atoms with van der Waals surface area (Å²) >= 11 is 5.68. The van der Waals surface area contributed by atoms with Gasteiger partial charge in [-0.05, 0) is 17.7 Å². The average Bonchev–Trinajstić information content (AvgIpc) is 2.74. The minimum absolute atomic E-state index is 0.0569. The molecule has 1 saturated heterocycles. The van der Waals surface area contributed by atoms with Crippen LogP contribution in [0.4, 0.5) is 0 Å². The van der Waals surface area contributed by atoms with Gasteiger partial charge in [-0.3, -0.25) is 4.79 Å². The van der Waals surface area contributed by atoms with Gasteiger partial charge in [0.1, 0.15) is 0 Å². The van der Waals surface area contributed by atoms with Gasteiger partial charge in [0.2, 0.25) is 5.22 Å². The molecule has 1 aliphatic heterocycles. The van der Waals surface area contributed by atoms with Crippen LogP contribution in [0.25, 0.3) is 0 Å². The third-order valence-corrected chi connectivity index (χ3v) is 3.16. The molecule has 2 heterocycles. The van der Waals surface area contributed by atoms with Gasteiger partial charge in [0.05, 0.1) is 17.4 Å². The van der Waals surface area contributed by atoms with E-state index < -0.39 is 5.60 Å². The van der Waals surface area contributed by atoms with E-state index >= 15 is 0 Å². The van der Waals surface area contributed by atoms with E-state index in [1.807, 2.05) is 0 Å². The largest absolute Gasteiger partial charge is 0.452 e. The number of aliphatic hydroxyl groups is 1. The number of ether oxygens (including phenoxy) is 1. The van der Waals surface area contributed by atoms with Crippen LogP contribution in [0.2, 0.25) is 5.22 Å². The van der Waals surface area contributed by atoms with Crippen LogP contribution in [0.3, 0.4) is 0 Å². The number of nitrogens with one attached hydrogen (secondary N) is 1. The first-order chi connectivity index (χ1) is 8.11. The molecule has 2 N–H and O–H groups in total. The molecule has 1 aromatic heterocycles. The zero-order chi connectivity index (χ0) is 12.3. The molecule has 0 aromatic carbocycles. The van der Waals surface area contributed by atoms with Crippen LogP contribution in [0.15, 0.2) is 16.7 Å². The van der Waals surface area contributed by atoms with Crippen LogP contribution in [0.1, 0.15) is 23.2 Å². The fourth-order valence-electron chi connectivity index (χ4n) is 1.72. The van der Waals surface area contributed by atoms with E-state index in [1.54, 1.807) is 0 Å². The molecule has 1 amide bonds. The highest BCUT2D eigenvalue weighted by Crippen LogP contribution is 2.20. The Balaban J connectivity index is 1.90. The monoisotopic (exact) mass is 259 g/mol. The van der Waals surface area contributed by atoms with E-state index in [0.29, 0.717) is 26.1 Å². The lowest BCUT2D eigenvalue weighted by Crippen LogP contribution is -2.46. The zero-order valence-corrected chi connectivity index (χ0v) is 10.00. The van der Waals surface area contributed by atoms with Crippen LogP contribution in [-0.2, 0) is 4.74 Å². The summed E-state index contributed by atoms with van der Waals surface area (Å²) in [5, 5.41) is 12.8. The van der Waals surface area contributed by atoms with Crippen LogP contribution < -0.4 is 5.32 Å². The van der Waals surface area contributed by atoms with Crippen molar-refractivity contribution in [2.45, 2.75) is 18.4 Å². The second-order valence-electron chi connectivity index (χ2n) is 4.13. The molecule has 0 unspecified atom stereocenters. The lowest BCUT2D eigenvalue weighted by Gasteiger charge is -2.31. The highest BCUT2D eigenvalue weighted by atomic mass is 35.5. The van der Waals surface area contributed by atoms with Gasteiger partial charge in [-0.1, -0.05) is 0 Å². The second kappa shape index (κ2) is 5.08. The summed E-state index contributed by atoms with van der Waals surface area (Å²) in [6, 6.07) is 1.49. The number of amides is 1. The van der Waals surface area contributed by atoms with Gasteiger partial charge in [-0.2, -0.15) is 0 Å². The molecule has 1 aromatic rings. The number of furan rings is 1. The molecule has 0 atom stereocenters. The van der Waals surface area contributed by atoms with Gasteiger partial charge in [0.15, 0.2) is 0 Å². The Kier molecular flexibility index (Phi) is 3.71. The minimum Gasteiger partial charge on any atom is -0.452 e. The normalized spacial score (nSPS) is 18.9. The SMILES string of the molecule is O=C(NCC1(O)CCOCC1)c1ccoc1Cl. The minimum atomic E-state index is -0.885. The molecular weight excluding hydrogens is 246 g/mol. The summed E-state index contributed by atoms with van der Waals surface area (Å²) in [5.41, 5.74) is -0.605. The van der Waals surface area contributed by atoms with Crippen molar-refractivity contribution in [3.63, 3.8) is 0 Å². The van der Waals surface area contributed by atoms with Crippen LogP contribution in [0.5, 0.6) is 0 Å². The van der Waals surface area contributed by atoms with E-state index in [1.165, 1.54) is 12.3 Å². The smallest absolute Gasteiger partial charge is 0.256 e. The molecule has 6 heteroatoms. The van der Waals surface area contributed by atoms with Gasteiger partial charge < -0.3 is 19.6 Å². The summed E-state index contributed by atoms with van der Waals surface area (Å²) in [5.74, 6) is -0.344. The van der Waals surface area contributed by atoms with Gasteiger partial charge in [-0.25, -0.2) is 0 Å². The van der Waals surface area contributed by atoms with Crippen molar-refractivity contribution in [2.75, 3.05) is 19.8 Å². The lowest BCUT2D eigenvalue weighted by atomic mass is 9.94. The van der Waals surface area contributed by atoms with Crippen molar-refractivity contribution < 1.29 is 19.1 Å². The Hall–Kier alpha value is -1.04. The van der Waals surface area contributed by atoms with Crippen molar-refractivity contribution in [3.05, 3.63) is 23.1 Å². The molecule has 2 rings (SSSR count). The zero-order valence-electron chi connectivity index (χ0n) is 9.24. The number of carbonyl (C=O) groups excluding carboxylic acids is 1. The molecule has 1 aliphatic rings. The molecule has 17 heavy (non-hydrogen) atoms. The van der Waals surface area contributed by atoms with Gasteiger partial charge >= 0.3 is 0 Å². The van der Waals surface area contributed by atoms with Crippen LogP contribution >= 0.6 is 11.6 Å². The van der Waals surface area contributed by atoms with Crippen LogP contribution in [0, 0.1) is 0 Å². The number of hydrogen-bond acceptors (Lipinski definition) is 4. The summed E-state index contributed by atoms with van der Waals surface area (Å²) in [4.78, 5) is 11.7. The quantitative estimate of drug-likeness (QED) is 0.856. The number of rotatable bonds is 3. The van der Waals surface area contributed by atoms with E-state index in [9.17, 15) is 9.90 Å².